The molecule has 0 aromatic heterocycles. The number of likely N-dealkylation sites (tertiary alicyclic amines) is 1. The van der Waals surface area contributed by atoms with Crippen molar-refractivity contribution in [1.82, 2.24) is 4.90 Å². The van der Waals surface area contributed by atoms with E-state index in [9.17, 15) is 9.59 Å². The third-order valence-electron chi connectivity index (χ3n) is 4.77. The number of benzene rings is 1. The zero-order valence-corrected chi connectivity index (χ0v) is 12.8. The van der Waals surface area contributed by atoms with Crippen molar-refractivity contribution in [1.29, 1.82) is 0 Å². The van der Waals surface area contributed by atoms with Gasteiger partial charge in [0.1, 0.15) is 5.75 Å². The molecule has 1 aromatic carbocycles. The molecular formula is C17H21NO4. The Labute approximate surface area is 130 Å². The second-order valence-electron chi connectivity index (χ2n) is 5.99. The molecule has 0 bridgehead atoms. The molecule has 2 saturated heterocycles. The number of carbonyl (C=O) groups is 2. The van der Waals surface area contributed by atoms with Crippen molar-refractivity contribution in [3.05, 3.63) is 29.8 Å². The number of hydrogen-bond acceptors (Lipinski definition) is 4. The lowest BCUT2D eigenvalue weighted by Crippen LogP contribution is -2.46. The predicted molar refractivity (Wildman–Crippen MR) is 80.7 cm³/mol. The molecule has 22 heavy (non-hydrogen) atoms. The number of ether oxygens (including phenoxy) is 2. The number of carbonyl (C=O) groups excluding carboxylic acids is 2. The van der Waals surface area contributed by atoms with Gasteiger partial charge in [0.15, 0.2) is 0 Å². The quantitative estimate of drug-likeness (QED) is 0.797. The van der Waals surface area contributed by atoms with E-state index in [1.165, 1.54) is 4.90 Å². The molecule has 5 heteroatoms. The number of rotatable bonds is 4. The molecule has 2 aliphatic heterocycles. The van der Waals surface area contributed by atoms with Gasteiger partial charge >= 0.3 is 0 Å². The number of nitrogens with zero attached hydrogens (tertiary/aromatic N) is 1. The highest BCUT2D eigenvalue weighted by Crippen LogP contribution is 2.37. The fraction of sp³-hybridized carbons (Fsp3) is 0.529. The average molecular weight is 303 g/mol. The summed E-state index contributed by atoms with van der Waals surface area (Å²) in [6.07, 6.45) is 2.31. The van der Waals surface area contributed by atoms with Gasteiger partial charge in [0, 0.05) is 38.0 Å². The first kappa shape index (κ1) is 15.0. The molecule has 2 heterocycles. The summed E-state index contributed by atoms with van der Waals surface area (Å²) in [5.74, 6) is 0.702. The van der Waals surface area contributed by atoms with Gasteiger partial charge in [0.2, 0.25) is 11.8 Å². The van der Waals surface area contributed by atoms with Gasteiger partial charge in [0.05, 0.1) is 7.11 Å². The maximum Gasteiger partial charge on any atom is 0.229 e. The van der Waals surface area contributed by atoms with Crippen LogP contribution in [0.4, 0.5) is 0 Å². The van der Waals surface area contributed by atoms with Crippen LogP contribution in [-0.2, 0) is 19.7 Å². The van der Waals surface area contributed by atoms with E-state index in [4.69, 9.17) is 9.47 Å². The van der Waals surface area contributed by atoms with Crippen molar-refractivity contribution < 1.29 is 19.1 Å². The van der Waals surface area contributed by atoms with E-state index in [0.717, 1.165) is 24.2 Å². The Morgan fingerprint density at radius 1 is 1.09 bits per heavy atom. The average Bonchev–Trinajstić information content (AvgIpc) is 2.88. The molecule has 118 valence electrons. The minimum absolute atomic E-state index is 0.0515. The maximum absolute atomic E-state index is 12.0. The van der Waals surface area contributed by atoms with Crippen molar-refractivity contribution in [2.24, 2.45) is 0 Å². The lowest BCUT2D eigenvalue weighted by atomic mass is 9.73. The summed E-state index contributed by atoms with van der Waals surface area (Å²) in [5.41, 5.74) is 0.935. The minimum atomic E-state index is -0.208. The summed E-state index contributed by atoms with van der Waals surface area (Å²) < 4.78 is 10.7. The van der Waals surface area contributed by atoms with Gasteiger partial charge < -0.3 is 9.47 Å². The molecule has 0 N–H and O–H groups in total. The molecule has 5 nitrogen and oxygen atoms in total. The number of imide groups is 1. The molecule has 0 atom stereocenters. The summed E-state index contributed by atoms with van der Waals surface area (Å²) in [5, 5.41) is 0. The first-order valence-corrected chi connectivity index (χ1v) is 7.70. The van der Waals surface area contributed by atoms with Crippen LogP contribution in [0.3, 0.4) is 0 Å². The highest BCUT2D eigenvalue weighted by atomic mass is 16.5. The van der Waals surface area contributed by atoms with E-state index >= 15 is 0 Å². The standard InChI is InChI=1S/C17H21NO4/c1-21-14-4-2-13(3-5-14)17(8-10-22-11-9-17)12-18-15(19)6-7-16(18)20/h2-5H,6-12H2,1H3. The van der Waals surface area contributed by atoms with Crippen LogP contribution in [0.1, 0.15) is 31.2 Å². The van der Waals surface area contributed by atoms with Crippen LogP contribution in [0.15, 0.2) is 24.3 Å². The van der Waals surface area contributed by atoms with Crippen LogP contribution in [0.25, 0.3) is 0 Å². The fourth-order valence-electron chi connectivity index (χ4n) is 3.35. The Kier molecular flexibility index (Phi) is 4.16. The lowest BCUT2D eigenvalue weighted by molar-refractivity contribution is -0.140. The minimum Gasteiger partial charge on any atom is -0.497 e. The van der Waals surface area contributed by atoms with E-state index in [2.05, 4.69) is 0 Å². The molecule has 2 fully saturated rings. The Bertz CT molecular complexity index is 545. The SMILES string of the molecule is COc1ccc(C2(CN3C(=O)CCC3=O)CCOCC2)cc1. The van der Waals surface area contributed by atoms with Crippen molar-refractivity contribution in [3.63, 3.8) is 0 Å². The van der Waals surface area contributed by atoms with E-state index in [0.29, 0.717) is 32.6 Å². The van der Waals surface area contributed by atoms with Gasteiger partial charge in [-0.25, -0.2) is 0 Å². The zero-order chi connectivity index (χ0) is 15.6. The largest absolute Gasteiger partial charge is 0.497 e. The summed E-state index contributed by atoms with van der Waals surface area (Å²) in [6, 6.07) is 7.94. The summed E-state index contributed by atoms with van der Waals surface area (Å²) in [4.78, 5) is 25.4. The van der Waals surface area contributed by atoms with Gasteiger partial charge in [-0.2, -0.15) is 0 Å². The molecule has 0 spiro atoms. The van der Waals surface area contributed by atoms with Gasteiger partial charge in [-0.1, -0.05) is 12.1 Å². The van der Waals surface area contributed by atoms with Crippen LogP contribution in [-0.4, -0.2) is 43.6 Å². The fourth-order valence-corrected chi connectivity index (χ4v) is 3.35. The first-order valence-electron chi connectivity index (χ1n) is 7.70. The predicted octanol–water partition coefficient (Wildman–Crippen LogP) is 1.89. The van der Waals surface area contributed by atoms with E-state index in [1.54, 1.807) is 7.11 Å². The molecule has 2 amide bonds. The van der Waals surface area contributed by atoms with Crippen LogP contribution >= 0.6 is 0 Å². The molecular weight excluding hydrogens is 282 g/mol. The Morgan fingerprint density at radius 3 is 2.23 bits per heavy atom. The Balaban J connectivity index is 1.90. The molecule has 0 radical (unpaired) electrons. The number of hydrogen-bond donors (Lipinski definition) is 0. The Morgan fingerprint density at radius 2 is 1.68 bits per heavy atom. The maximum atomic E-state index is 12.0. The van der Waals surface area contributed by atoms with E-state index in [1.807, 2.05) is 24.3 Å². The topological polar surface area (TPSA) is 55.8 Å². The molecule has 3 rings (SSSR count). The third kappa shape index (κ3) is 2.73. The van der Waals surface area contributed by atoms with Gasteiger partial charge in [-0.3, -0.25) is 14.5 Å². The van der Waals surface area contributed by atoms with Crippen LogP contribution < -0.4 is 4.74 Å². The van der Waals surface area contributed by atoms with Crippen molar-refractivity contribution in [2.45, 2.75) is 31.1 Å². The lowest BCUT2D eigenvalue weighted by Gasteiger charge is -2.40. The molecule has 0 saturated carbocycles. The monoisotopic (exact) mass is 303 g/mol. The third-order valence-corrected chi connectivity index (χ3v) is 4.77. The van der Waals surface area contributed by atoms with Gasteiger partial charge in [-0.05, 0) is 30.5 Å². The normalized spacial score (nSPS) is 21.2. The second-order valence-corrected chi connectivity index (χ2v) is 5.99. The summed E-state index contributed by atoms with van der Waals surface area (Å²) >= 11 is 0. The van der Waals surface area contributed by atoms with Crippen LogP contribution in [0.2, 0.25) is 0 Å². The highest BCUT2D eigenvalue weighted by Gasteiger charge is 2.41. The Hall–Kier alpha value is -1.88. The zero-order valence-electron chi connectivity index (χ0n) is 12.8. The van der Waals surface area contributed by atoms with Crippen molar-refractivity contribution in [2.75, 3.05) is 26.9 Å². The second kappa shape index (κ2) is 6.08. The van der Waals surface area contributed by atoms with E-state index in [-0.39, 0.29) is 17.2 Å². The van der Waals surface area contributed by atoms with Gasteiger partial charge in [-0.15, -0.1) is 0 Å². The van der Waals surface area contributed by atoms with Crippen molar-refractivity contribution in [3.8, 4) is 5.75 Å². The van der Waals surface area contributed by atoms with Crippen LogP contribution in [0.5, 0.6) is 5.75 Å². The molecule has 1 aromatic rings. The smallest absolute Gasteiger partial charge is 0.229 e. The molecule has 0 unspecified atom stereocenters. The van der Waals surface area contributed by atoms with Crippen LogP contribution in [0, 0.1) is 0 Å². The van der Waals surface area contributed by atoms with E-state index < -0.39 is 0 Å². The van der Waals surface area contributed by atoms with Crippen molar-refractivity contribution >= 4 is 11.8 Å². The highest BCUT2D eigenvalue weighted by molar-refractivity contribution is 6.02. The summed E-state index contributed by atoms with van der Waals surface area (Å²) in [7, 11) is 1.64. The first-order chi connectivity index (χ1) is 10.6. The number of methoxy groups -OCH3 is 1. The van der Waals surface area contributed by atoms with Gasteiger partial charge in [0.25, 0.3) is 0 Å². The molecule has 0 aliphatic carbocycles. The molecule has 2 aliphatic rings. The number of amides is 2. The summed E-state index contributed by atoms with van der Waals surface area (Å²) in [6.45, 7) is 1.77.